The zero-order valence-corrected chi connectivity index (χ0v) is 39.5. The van der Waals surface area contributed by atoms with Crippen LogP contribution in [0.25, 0.3) is 0 Å². The molecule has 8 amide bonds. The van der Waals surface area contributed by atoms with E-state index in [1.54, 1.807) is 12.1 Å². The number of hydrogen-bond donors (Lipinski definition) is 10. The van der Waals surface area contributed by atoms with Gasteiger partial charge in [-0.3, -0.25) is 38.4 Å². The fraction of sp³-hybridized carbons (Fsp3) is 0.163. The van der Waals surface area contributed by atoms with Crippen molar-refractivity contribution in [3.05, 3.63) is 154 Å². The molecule has 2 heterocycles. The van der Waals surface area contributed by atoms with Crippen LogP contribution in [0.4, 0.5) is 65.3 Å². The summed E-state index contributed by atoms with van der Waals surface area (Å²) in [4.78, 5) is 112. The molecule has 21 nitrogen and oxygen atoms in total. The van der Waals surface area contributed by atoms with E-state index in [0.29, 0.717) is 35.4 Å². The smallest absolute Gasteiger partial charge is 0.416 e. The summed E-state index contributed by atoms with van der Waals surface area (Å²) in [6, 6.07) is 16.6. The van der Waals surface area contributed by atoms with Gasteiger partial charge in [0.1, 0.15) is 24.5 Å². The molecule has 10 N–H and O–H groups in total. The molecule has 0 spiro atoms. The fourth-order valence-electron chi connectivity index (χ4n) is 7.16. The van der Waals surface area contributed by atoms with Crippen LogP contribution in [0.15, 0.2) is 109 Å². The van der Waals surface area contributed by atoms with Crippen molar-refractivity contribution in [1.82, 2.24) is 19.8 Å². The quantitative estimate of drug-likeness (QED) is 0.0412. The lowest BCUT2D eigenvalue weighted by Crippen LogP contribution is -2.30. The van der Waals surface area contributed by atoms with E-state index in [-0.39, 0.29) is 47.0 Å². The number of aliphatic carboxylic acids is 2. The molecule has 0 fully saturated rings. The minimum absolute atomic E-state index is 0.0450. The molecule has 0 aliphatic carbocycles. The lowest BCUT2D eigenvalue weighted by molar-refractivity contribution is -0.138. The number of halogens is 6. The van der Waals surface area contributed by atoms with E-state index in [9.17, 15) is 69.5 Å². The van der Waals surface area contributed by atoms with E-state index in [2.05, 4.69) is 31.9 Å². The number of amides is 8. The number of carbonyl (C=O) groups excluding carboxylic acids is 7. The summed E-state index contributed by atoms with van der Waals surface area (Å²) in [5, 5.41) is 36.0. The van der Waals surface area contributed by atoms with E-state index < -0.39 is 112 Å². The van der Waals surface area contributed by atoms with Crippen molar-refractivity contribution in [3.63, 3.8) is 0 Å². The number of hydrogen-bond acceptors (Lipinski definition) is 9. The van der Waals surface area contributed by atoms with Gasteiger partial charge in [0.05, 0.1) is 35.3 Å². The molecular weight excluding hydrogens is 1020 g/mol. The molecule has 0 aliphatic rings. The summed E-state index contributed by atoms with van der Waals surface area (Å²) in [6.07, 6.45) is -8.06. The number of carbonyl (C=O) groups is 9. The van der Waals surface area contributed by atoms with E-state index in [0.717, 1.165) is 12.1 Å². The van der Waals surface area contributed by atoms with Gasteiger partial charge in [-0.05, 0) is 83.9 Å². The van der Waals surface area contributed by atoms with Crippen LogP contribution in [-0.4, -0.2) is 85.8 Å². The summed E-state index contributed by atoms with van der Waals surface area (Å²) in [5.41, 5.74) is -4.33. The average molecular weight is 1060 g/mol. The Bertz CT molecular complexity index is 3080. The second-order valence-electron chi connectivity index (χ2n) is 16.5. The topological polar surface area (TPSA) is 300 Å². The third-order valence-electron chi connectivity index (χ3n) is 10.5. The van der Waals surface area contributed by atoms with Gasteiger partial charge in [-0.25, -0.2) is 4.79 Å². The minimum Gasteiger partial charge on any atom is -0.480 e. The zero-order valence-electron chi connectivity index (χ0n) is 39.5. The molecule has 76 heavy (non-hydrogen) atoms. The highest BCUT2D eigenvalue weighted by atomic mass is 19.4. The third-order valence-corrected chi connectivity index (χ3v) is 10.5. The van der Waals surface area contributed by atoms with Crippen LogP contribution in [-0.2, 0) is 58.5 Å². The molecule has 6 aromatic rings. The summed E-state index contributed by atoms with van der Waals surface area (Å²) >= 11 is 0. The van der Waals surface area contributed by atoms with Crippen LogP contribution in [0.5, 0.6) is 0 Å². The first-order chi connectivity index (χ1) is 35.7. The van der Waals surface area contributed by atoms with Gasteiger partial charge in [-0.2, -0.15) is 26.3 Å². The molecule has 0 saturated heterocycles. The van der Waals surface area contributed by atoms with Gasteiger partial charge in [0, 0.05) is 60.4 Å². The van der Waals surface area contributed by atoms with Crippen molar-refractivity contribution in [2.24, 2.45) is 14.1 Å². The van der Waals surface area contributed by atoms with E-state index >= 15 is 0 Å². The predicted molar refractivity (Wildman–Crippen MR) is 260 cm³/mol. The maximum Gasteiger partial charge on any atom is 0.416 e. The Morgan fingerprint density at radius 3 is 1.17 bits per heavy atom. The van der Waals surface area contributed by atoms with E-state index in [1.807, 2.05) is 10.6 Å². The molecule has 0 bridgehead atoms. The van der Waals surface area contributed by atoms with Gasteiger partial charge in [0.25, 0.3) is 23.6 Å². The maximum atomic E-state index is 14.1. The molecule has 0 radical (unpaired) electrons. The van der Waals surface area contributed by atoms with Gasteiger partial charge in [-0.15, -0.1) is 0 Å². The standard InChI is InChI=1S/C49H42F6N10O11/c1-64-23-35(19-37(64)45(74)58-31-7-3-5-25(9-31)11-39(66)56-21-41(68)69)60-43(72)27-13-29(48(50,51)52)17-33(15-27)62-47(76)63-34-16-28(14-30(18-34)49(53,54)55)44(73)61-36-20-38(65(2)24-36)46(75)59-32-8-4-6-26(10-32)12-40(67)57-22-42(70)71/h3-10,13-20,23-24H,11-12,21-22H2,1-2H3,(H,56,66)(H,57,67)(H,58,74)(H,59,75)(H,60,72)(H,61,73)(H,68,69)(H,70,71)(H2,62,63,76). The Morgan fingerprint density at radius 1 is 0.447 bits per heavy atom. The van der Waals surface area contributed by atoms with E-state index in [4.69, 9.17) is 10.2 Å². The third kappa shape index (κ3) is 15.5. The monoisotopic (exact) mass is 1060 g/mol. The Hall–Kier alpha value is -9.95. The number of nitrogens with one attached hydrogen (secondary N) is 8. The summed E-state index contributed by atoms with van der Waals surface area (Å²) in [7, 11) is 2.85. The van der Waals surface area contributed by atoms with Gasteiger partial charge >= 0.3 is 30.3 Å². The number of benzene rings is 4. The number of aryl methyl sites for hydroxylation is 2. The number of carboxylic acid groups (broad SMARTS) is 2. The molecule has 27 heteroatoms. The maximum absolute atomic E-state index is 14.1. The molecule has 6 rings (SSSR count). The molecule has 0 atom stereocenters. The number of rotatable bonds is 18. The normalized spacial score (nSPS) is 11.2. The summed E-state index contributed by atoms with van der Waals surface area (Å²) < 4.78 is 87.3. The highest BCUT2D eigenvalue weighted by Gasteiger charge is 2.34. The average Bonchev–Trinajstić information content (AvgIpc) is 3.89. The van der Waals surface area contributed by atoms with Crippen LogP contribution < -0.4 is 42.5 Å². The Morgan fingerprint density at radius 2 is 0.816 bits per heavy atom. The first-order valence-corrected chi connectivity index (χ1v) is 21.9. The molecule has 2 aromatic heterocycles. The van der Waals surface area contributed by atoms with Crippen LogP contribution in [0.3, 0.4) is 0 Å². The first kappa shape index (κ1) is 55.4. The second kappa shape index (κ2) is 23.3. The lowest BCUT2D eigenvalue weighted by Gasteiger charge is -2.15. The number of nitrogens with zero attached hydrogens (tertiary/aromatic N) is 2. The van der Waals surface area contributed by atoms with E-state index in [1.165, 1.54) is 84.2 Å². The van der Waals surface area contributed by atoms with Crippen LogP contribution in [0.2, 0.25) is 0 Å². The van der Waals surface area contributed by atoms with Gasteiger partial charge < -0.3 is 61.9 Å². The summed E-state index contributed by atoms with van der Waals surface area (Å²) in [5.74, 6) is -7.38. The van der Waals surface area contributed by atoms with Crippen molar-refractivity contribution < 1.29 is 79.7 Å². The molecule has 4 aromatic carbocycles. The molecular formula is C49H42F6N10O11. The SMILES string of the molecule is Cn1cc(NC(=O)c2cc(NC(=O)Nc3cc(C(=O)Nc4cc(C(=O)Nc5cccc(CC(=O)NCC(=O)O)c5)n(C)c4)cc(C(F)(F)F)c3)cc(C(F)(F)F)c2)cc1C(=O)Nc1cccc(CC(=O)NCC(=O)O)c1. The van der Waals surface area contributed by atoms with Gasteiger partial charge in [0.15, 0.2) is 0 Å². The zero-order chi connectivity index (χ0) is 55.6. The molecule has 0 aliphatic heterocycles. The second-order valence-corrected chi connectivity index (χ2v) is 16.5. The molecule has 396 valence electrons. The largest absolute Gasteiger partial charge is 0.480 e. The highest BCUT2D eigenvalue weighted by molar-refractivity contribution is 6.10. The van der Waals surface area contributed by atoms with Crippen LogP contribution >= 0.6 is 0 Å². The number of alkyl halides is 6. The Balaban J connectivity index is 1.12. The Labute approximate surface area is 424 Å². The van der Waals surface area contributed by atoms with Gasteiger partial charge in [-0.1, -0.05) is 24.3 Å². The number of anilines is 6. The van der Waals surface area contributed by atoms with Gasteiger partial charge in [0.2, 0.25) is 11.8 Å². The van der Waals surface area contributed by atoms with Crippen molar-refractivity contribution in [2.75, 3.05) is 45.0 Å². The molecule has 0 unspecified atom stereocenters. The predicted octanol–water partition coefficient (Wildman–Crippen LogP) is 6.54. The number of carboxylic acids is 2. The fourth-order valence-corrected chi connectivity index (χ4v) is 7.16. The van der Waals surface area contributed by atoms with Crippen molar-refractivity contribution in [3.8, 4) is 0 Å². The summed E-state index contributed by atoms with van der Waals surface area (Å²) in [6.45, 7) is -1.19. The Kier molecular flexibility index (Phi) is 17.0. The lowest BCUT2D eigenvalue weighted by atomic mass is 10.1. The van der Waals surface area contributed by atoms with Crippen LogP contribution in [0, 0.1) is 0 Å². The number of urea groups is 1. The highest BCUT2D eigenvalue weighted by Crippen LogP contribution is 2.34. The molecule has 0 saturated carbocycles. The van der Waals surface area contributed by atoms with Crippen LogP contribution in [0.1, 0.15) is 63.9 Å². The minimum atomic E-state index is -5.09. The van der Waals surface area contributed by atoms with Crippen molar-refractivity contribution >= 4 is 87.5 Å². The van der Waals surface area contributed by atoms with Crippen molar-refractivity contribution in [2.45, 2.75) is 25.2 Å². The first-order valence-electron chi connectivity index (χ1n) is 21.9. The number of aromatic nitrogens is 2. The van der Waals surface area contributed by atoms with Crippen molar-refractivity contribution in [1.29, 1.82) is 0 Å².